The molecule has 1 aromatic carbocycles. The van der Waals surface area contributed by atoms with Gasteiger partial charge in [0.1, 0.15) is 12.4 Å². The van der Waals surface area contributed by atoms with Crippen molar-refractivity contribution in [1.29, 1.82) is 0 Å². The maximum Gasteiger partial charge on any atom is 0.282 e. The molecule has 0 bridgehead atoms. The van der Waals surface area contributed by atoms with Gasteiger partial charge in [0.25, 0.3) is 10.2 Å². The molecule has 1 aromatic heterocycles. The van der Waals surface area contributed by atoms with Crippen LogP contribution in [-0.4, -0.2) is 82.9 Å². The van der Waals surface area contributed by atoms with Crippen LogP contribution < -0.4 is 0 Å². The maximum absolute atomic E-state index is 13.0. The molecule has 1 saturated heterocycles. The van der Waals surface area contributed by atoms with E-state index < -0.39 is 10.2 Å². The molecule has 0 saturated carbocycles. The van der Waals surface area contributed by atoms with Gasteiger partial charge in [-0.1, -0.05) is 26.0 Å². The normalized spacial score (nSPS) is 16.1. The van der Waals surface area contributed by atoms with Crippen molar-refractivity contribution in [1.82, 2.24) is 23.1 Å². The van der Waals surface area contributed by atoms with Crippen LogP contribution in [0.5, 0.6) is 0 Å². The molecule has 1 fully saturated rings. The number of thioether (sulfide) groups is 1. The minimum absolute atomic E-state index is 0.00427. The van der Waals surface area contributed by atoms with Crippen LogP contribution >= 0.6 is 11.8 Å². The standard InChI is InChI=1S/C19H29N5O3S2/c1-4-22(5-2)29(26,27)23-12-10-21(11-13-23)19(25)14-24-17-9-7-6-8-16(17)20-18(24)15-28-3/h6-9H,4-5,10-15H2,1-3H3. The third-order valence-corrected chi connectivity index (χ3v) is 7.98. The number of para-hydroxylation sites is 2. The quantitative estimate of drug-likeness (QED) is 0.625. The van der Waals surface area contributed by atoms with Gasteiger partial charge in [-0.25, -0.2) is 4.98 Å². The van der Waals surface area contributed by atoms with Crippen molar-refractivity contribution < 1.29 is 13.2 Å². The fourth-order valence-corrected chi connectivity index (χ4v) is 5.74. The second-order valence-corrected chi connectivity index (χ2v) is 9.70. The second-order valence-electron chi connectivity index (χ2n) is 6.91. The van der Waals surface area contributed by atoms with E-state index >= 15 is 0 Å². The molecule has 1 aliphatic rings. The highest BCUT2D eigenvalue weighted by atomic mass is 32.2. The summed E-state index contributed by atoms with van der Waals surface area (Å²) < 4.78 is 30.3. The van der Waals surface area contributed by atoms with Crippen molar-refractivity contribution in [3.8, 4) is 0 Å². The Morgan fingerprint density at radius 1 is 1.14 bits per heavy atom. The number of aromatic nitrogens is 2. The molecule has 160 valence electrons. The molecular weight excluding hydrogens is 410 g/mol. The van der Waals surface area contributed by atoms with Crippen LogP contribution in [0.4, 0.5) is 0 Å². The highest BCUT2D eigenvalue weighted by Gasteiger charge is 2.32. The SMILES string of the molecule is CCN(CC)S(=O)(=O)N1CCN(C(=O)Cn2c(CSC)nc3ccccc32)CC1. The average molecular weight is 440 g/mol. The van der Waals surface area contributed by atoms with E-state index in [1.807, 2.05) is 48.9 Å². The molecule has 0 aliphatic carbocycles. The fraction of sp³-hybridized carbons (Fsp3) is 0.579. The minimum Gasteiger partial charge on any atom is -0.338 e. The molecule has 0 N–H and O–H groups in total. The first-order valence-electron chi connectivity index (χ1n) is 9.88. The summed E-state index contributed by atoms with van der Waals surface area (Å²) in [4.78, 5) is 19.4. The molecule has 10 heteroatoms. The van der Waals surface area contributed by atoms with E-state index in [4.69, 9.17) is 0 Å². The summed E-state index contributed by atoms with van der Waals surface area (Å²) in [5.41, 5.74) is 1.84. The number of carbonyl (C=O) groups excluding carboxylic acids is 1. The Labute approximate surface area is 177 Å². The number of rotatable bonds is 8. The van der Waals surface area contributed by atoms with Crippen molar-refractivity contribution in [2.45, 2.75) is 26.1 Å². The molecule has 8 nitrogen and oxygen atoms in total. The van der Waals surface area contributed by atoms with E-state index in [2.05, 4.69) is 4.98 Å². The van der Waals surface area contributed by atoms with Crippen molar-refractivity contribution in [3.05, 3.63) is 30.1 Å². The molecule has 0 radical (unpaired) electrons. The van der Waals surface area contributed by atoms with Gasteiger partial charge < -0.3 is 9.47 Å². The lowest BCUT2D eigenvalue weighted by atomic mass is 10.3. The summed E-state index contributed by atoms with van der Waals surface area (Å²) in [6.07, 6.45) is 2.01. The third-order valence-electron chi connectivity index (χ3n) is 5.25. The number of hydrogen-bond donors (Lipinski definition) is 0. The molecular formula is C19H29N5O3S2. The number of nitrogens with zero attached hydrogens (tertiary/aromatic N) is 5. The van der Waals surface area contributed by atoms with E-state index in [-0.39, 0.29) is 12.5 Å². The summed E-state index contributed by atoms with van der Waals surface area (Å²) in [5.74, 6) is 1.61. The van der Waals surface area contributed by atoms with Crippen molar-refractivity contribution in [2.24, 2.45) is 0 Å². The maximum atomic E-state index is 13.0. The molecule has 1 amide bonds. The molecule has 2 heterocycles. The lowest BCUT2D eigenvalue weighted by Crippen LogP contribution is -2.54. The van der Waals surface area contributed by atoms with Crippen LogP contribution in [0.25, 0.3) is 11.0 Å². The summed E-state index contributed by atoms with van der Waals surface area (Å²) >= 11 is 1.67. The summed E-state index contributed by atoms with van der Waals surface area (Å²) in [6.45, 7) is 6.26. The number of imidazole rings is 1. The highest BCUT2D eigenvalue weighted by molar-refractivity contribution is 7.97. The lowest BCUT2D eigenvalue weighted by molar-refractivity contribution is -0.133. The van der Waals surface area contributed by atoms with Crippen LogP contribution in [0.3, 0.4) is 0 Å². The summed E-state index contributed by atoms with van der Waals surface area (Å²) in [5, 5.41) is 0. The average Bonchev–Trinajstić information content (AvgIpc) is 3.06. The molecule has 0 spiro atoms. The van der Waals surface area contributed by atoms with Gasteiger partial charge in [-0.05, 0) is 18.4 Å². The van der Waals surface area contributed by atoms with Gasteiger partial charge in [-0.3, -0.25) is 4.79 Å². The van der Waals surface area contributed by atoms with E-state index in [1.165, 1.54) is 8.61 Å². The molecule has 3 rings (SSSR count). The zero-order valence-corrected chi connectivity index (χ0v) is 18.9. The van der Waals surface area contributed by atoms with E-state index in [0.717, 1.165) is 22.6 Å². The van der Waals surface area contributed by atoms with Gasteiger partial charge in [0, 0.05) is 39.3 Å². The molecule has 1 aliphatic heterocycles. The minimum atomic E-state index is -3.46. The number of hydrogen-bond acceptors (Lipinski definition) is 5. The number of benzene rings is 1. The Bertz CT molecular complexity index is 948. The number of amides is 1. The third kappa shape index (κ3) is 4.60. The van der Waals surface area contributed by atoms with Crippen molar-refractivity contribution >= 4 is 38.9 Å². The van der Waals surface area contributed by atoms with Crippen LogP contribution in [0.2, 0.25) is 0 Å². The Morgan fingerprint density at radius 2 is 1.79 bits per heavy atom. The first-order valence-corrected chi connectivity index (χ1v) is 12.7. The number of piperazine rings is 1. The van der Waals surface area contributed by atoms with Crippen LogP contribution in [-0.2, 0) is 27.3 Å². The largest absolute Gasteiger partial charge is 0.338 e. The molecule has 0 atom stereocenters. The van der Waals surface area contributed by atoms with Gasteiger partial charge in [0.05, 0.1) is 16.8 Å². The molecule has 2 aromatic rings. The predicted octanol–water partition coefficient (Wildman–Crippen LogP) is 1.63. The predicted molar refractivity (Wildman–Crippen MR) is 117 cm³/mol. The van der Waals surface area contributed by atoms with Gasteiger partial charge >= 0.3 is 0 Å². The Hall–Kier alpha value is -1.62. The van der Waals surface area contributed by atoms with Gasteiger partial charge in [0.2, 0.25) is 5.91 Å². The Morgan fingerprint density at radius 3 is 2.41 bits per heavy atom. The molecule has 0 unspecified atom stereocenters. The van der Waals surface area contributed by atoms with E-state index in [0.29, 0.717) is 39.3 Å². The van der Waals surface area contributed by atoms with Crippen molar-refractivity contribution in [3.63, 3.8) is 0 Å². The summed E-state index contributed by atoms with van der Waals surface area (Å²) in [6, 6.07) is 7.83. The van der Waals surface area contributed by atoms with E-state index in [1.54, 1.807) is 16.7 Å². The lowest BCUT2D eigenvalue weighted by Gasteiger charge is -2.36. The van der Waals surface area contributed by atoms with Crippen molar-refractivity contribution in [2.75, 3.05) is 45.5 Å². The van der Waals surface area contributed by atoms with Crippen LogP contribution in [0.1, 0.15) is 19.7 Å². The topological polar surface area (TPSA) is 78.8 Å². The first kappa shape index (κ1) is 22.1. The Balaban J connectivity index is 1.69. The van der Waals surface area contributed by atoms with Gasteiger partial charge in [-0.15, -0.1) is 0 Å². The van der Waals surface area contributed by atoms with Gasteiger partial charge in [0.15, 0.2) is 0 Å². The first-order chi connectivity index (χ1) is 13.9. The Kier molecular flexibility index (Phi) is 7.20. The van der Waals surface area contributed by atoms with E-state index in [9.17, 15) is 13.2 Å². The summed E-state index contributed by atoms with van der Waals surface area (Å²) in [7, 11) is -3.46. The monoisotopic (exact) mass is 439 g/mol. The number of carbonyl (C=O) groups is 1. The molecule has 29 heavy (non-hydrogen) atoms. The second kappa shape index (κ2) is 9.46. The van der Waals surface area contributed by atoms with Crippen LogP contribution in [0.15, 0.2) is 24.3 Å². The smallest absolute Gasteiger partial charge is 0.282 e. The van der Waals surface area contributed by atoms with Gasteiger partial charge in [-0.2, -0.15) is 28.8 Å². The zero-order chi connectivity index (χ0) is 21.0. The number of fused-ring (bicyclic) bond motifs is 1. The fourth-order valence-electron chi connectivity index (χ4n) is 3.66. The zero-order valence-electron chi connectivity index (χ0n) is 17.2. The van der Waals surface area contributed by atoms with Crippen LogP contribution in [0, 0.1) is 0 Å². The highest BCUT2D eigenvalue weighted by Crippen LogP contribution is 2.20.